The molecule has 3 rings (SSSR count). The molecule has 0 bridgehead atoms. The monoisotopic (exact) mass is 434 g/mol. The zero-order valence-corrected chi connectivity index (χ0v) is 18.1. The molecule has 0 aliphatic rings. The number of sulfonamides is 1. The zero-order chi connectivity index (χ0) is 21.2. The molecule has 10 heteroatoms. The first-order chi connectivity index (χ1) is 13.7. The fourth-order valence-electron chi connectivity index (χ4n) is 2.65. The minimum absolute atomic E-state index is 0.0110. The maximum absolute atomic E-state index is 12.5. The molecule has 154 valence electrons. The second-order valence-corrected chi connectivity index (χ2v) is 9.64. The van der Waals surface area contributed by atoms with E-state index in [1.807, 2.05) is 25.1 Å². The van der Waals surface area contributed by atoms with Crippen LogP contribution < -0.4 is 10.1 Å². The molecule has 0 spiro atoms. The highest BCUT2D eigenvalue weighted by molar-refractivity contribution is 7.99. The van der Waals surface area contributed by atoms with E-state index in [0.29, 0.717) is 10.8 Å². The van der Waals surface area contributed by atoms with Crippen molar-refractivity contribution in [1.82, 2.24) is 14.3 Å². The van der Waals surface area contributed by atoms with E-state index < -0.39 is 10.0 Å². The molecule has 2 aromatic carbocycles. The summed E-state index contributed by atoms with van der Waals surface area (Å²) >= 11 is 1.27. The van der Waals surface area contributed by atoms with Crippen LogP contribution in [0.2, 0.25) is 0 Å². The van der Waals surface area contributed by atoms with Gasteiger partial charge in [-0.2, -0.15) is 0 Å². The number of carbonyl (C=O) groups is 1. The van der Waals surface area contributed by atoms with Gasteiger partial charge < -0.3 is 15.0 Å². The molecule has 0 saturated heterocycles. The normalized spacial score (nSPS) is 11.8. The van der Waals surface area contributed by atoms with E-state index >= 15 is 0 Å². The van der Waals surface area contributed by atoms with Crippen molar-refractivity contribution in [2.75, 3.05) is 32.3 Å². The molecular formula is C19H22N4O4S2. The van der Waals surface area contributed by atoms with Gasteiger partial charge in [-0.1, -0.05) is 17.8 Å². The summed E-state index contributed by atoms with van der Waals surface area (Å²) in [6.45, 7) is 2.00. The highest BCUT2D eigenvalue weighted by Gasteiger charge is 2.23. The maximum atomic E-state index is 12.5. The number of carbonyl (C=O) groups excluding carboxylic acids is 1. The number of methoxy groups -OCH3 is 1. The van der Waals surface area contributed by atoms with Crippen molar-refractivity contribution in [3.63, 3.8) is 0 Å². The van der Waals surface area contributed by atoms with Gasteiger partial charge in [0.25, 0.3) is 0 Å². The van der Waals surface area contributed by atoms with Crippen molar-refractivity contribution in [1.29, 1.82) is 0 Å². The molecule has 2 N–H and O–H groups in total. The minimum atomic E-state index is -3.71. The second-order valence-electron chi connectivity index (χ2n) is 6.55. The highest BCUT2D eigenvalue weighted by atomic mass is 32.2. The van der Waals surface area contributed by atoms with E-state index in [4.69, 9.17) is 4.74 Å². The number of ether oxygens (including phenoxy) is 1. The highest BCUT2D eigenvalue weighted by Crippen LogP contribution is 2.29. The Kier molecular flexibility index (Phi) is 6.15. The van der Waals surface area contributed by atoms with Crippen LogP contribution in [-0.4, -0.2) is 55.6 Å². The Balaban J connectivity index is 1.71. The first-order valence-corrected chi connectivity index (χ1v) is 11.1. The summed E-state index contributed by atoms with van der Waals surface area (Å²) in [5, 5.41) is 3.36. The average molecular weight is 435 g/mol. The number of aromatic amines is 1. The van der Waals surface area contributed by atoms with Gasteiger partial charge in [-0.3, -0.25) is 4.79 Å². The number of H-pyrrole nitrogens is 1. The van der Waals surface area contributed by atoms with Crippen molar-refractivity contribution in [3.05, 3.63) is 42.0 Å². The molecule has 0 atom stereocenters. The number of fused-ring (bicyclic) bond motifs is 1. The van der Waals surface area contributed by atoms with Crippen molar-refractivity contribution < 1.29 is 17.9 Å². The number of benzene rings is 2. The predicted octanol–water partition coefficient (Wildman–Crippen LogP) is 2.86. The molecule has 0 fully saturated rings. The fraction of sp³-hybridized carbons (Fsp3) is 0.263. The summed E-state index contributed by atoms with van der Waals surface area (Å²) in [6.07, 6.45) is 0. The number of anilines is 1. The molecular weight excluding hydrogens is 412 g/mol. The third kappa shape index (κ3) is 4.72. The summed E-state index contributed by atoms with van der Waals surface area (Å²) in [5.74, 6) is 0.0642. The standard InChI is InChI=1S/C19H22N4O4S2/c1-12-5-7-14-15(9-12)22-19(21-14)28-11-18(24)20-13-6-8-16(27-4)17(10-13)29(25,26)23(2)3/h5-10H,11H2,1-4H3,(H,20,24)(H,21,22). The van der Waals surface area contributed by atoms with E-state index in [1.54, 1.807) is 6.07 Å². The Hall–Kier alpha value is -2.56. The quantitative estimate of drug-likeness (QED) is 0.554. The molecule has 8 nitrogen and oxygen atoms in total. The van der Waals surface area contributed by atoms with Crippen LogP contribution in [0.25, 0.3) is 11.0 Å². The Morgan fingerprint density at radius 1 is 1.24 bits per heavy atom. The SMILES string of the molecule is COc1ccc(NC(=O)CSc2nc3ccc(C)cc3[nH]2)cc1S(=O)(=O)N(C)C. The van der Waals surface area contributed by atoms with Crippen LogP contribution in [0.15, 0.2) is 46.5 Å². The van der Waals surface area contributed by atoms with Gasteiger partial charge in [-0.05, 0) is 42.8 Å². The number of imidazole rings is 1. The summed E-state index contributed by atoms with van der Waals surface area (Å²) in [5.41, 5.74) is 3.25. The number of rotatable bonds is 7. The van der Waals surface area contributed by atoms with Crippen molar-refractivity contribution in [2.45, 2.75) is 17.0 Å². The van der Waals surface area contributed by atoms with Gasteiger partial charge in [-0.15, -0.1) is 0 Å². The first-order valence-electron chi connectivity index (χ1n) is 8.70. The molecule has 1 aromatic heterocycles. The summed E-state index contributed by atoms with van der Waals surface area (Å²) < 4.78 is 31.2. The molecule has 29 heavy (non-hydrogen) atoms. The lowest BCUT2D eigenvalue weighted by Crippen LogP contribution is -2.23. The number of thioether (sulfide) groups is 1. The van der Waals surface area contributed by atoms with E-state index in [9.17, 15) is 13.2 Å². The topological polar surface area (TPSA) is 104 Å². The lowest BCUT2D eigenvalue weighted by Gasteiger charge is -2.15. The van der Waals surface area contributed by atoms with Gasteiger partial charge in [0.15, 0.2) is 5.16 Å². The van der Waals surface area contributed by atoms with E-state index in [-0.39, 0.29) is 22.3 Å². The molecule has 1 amide bonds. The van der Waals surface area contributed by atoms with Crippen LogP contribution in [0.1, 0.15) is 5.56 Å². The Labute approximate surface area is 173 Å². The molecule has 0 aliphatic carbocycles. The molecule has 0 unspecified atom stereocenters. The fourth-order valence-corrected chi connectivity index (χ4v) is 4.41. The van der Waals surface area contributed by atoms with Crippen LogP contribution in [-0.2, 0) is 14.8 Å². The van der Waals surface area contributed by atoms with Crippen LogP contribution >= 0.6 is 11.8 Å². The second kappa shape index (κ2) is 8.44. The smallest absolute Gasteiger partial charge is 0.246 e. The lowest BCUT2D eigenvalue weighted by atomic mass is 10.2. The van der Waals surface area contributed by atoms with Gasteiger partial charge in [0.05, 0.1) is 23.9 Å². The minimum Gasteiger partial charge on any atom is -0.495 e. The van der Waals surface area contributed by atoms with Crippen LogP contribution in [0.4, 0.5) is 5.69 Å². The summed E-state index contributed by atoms with van der Waals surface area (Å²) in [4.78, 5) is 20.0. The van der Waals surface area contributed by atoms with Crippen LogP contribution in [0.3, 0.4) is 0 Å². The molecule has 1 heterocycles. The zero-order valence-electron chi connectivity index (χ0n) is 16.5. The van der Waals surface area contributed by atoms with E-state index in [0.717, 1.165) is 20.9 Å². The van der Waals surface area contributed by atoms with Crippen molar-refractivity contribution in [3.8, 4) is 5.75 Å². The largest absolute Gasteiger partial charge is 0.495 e. The van der Waals surface area contributed by atoms with Crippen LogP contribution in [0, 0.1) is 6.92 Å². The number of amides is 1. The van der Waals surface area contributed by atoms with Gasteiger partial charge in [0.1, 0.15) is 10.6 Å². The first kappa shape index (κ1) is 21.2. The Morgan fingerprint density at radius 2 is 2.00 bits per heavy atom. The Bertz CT molecular complexity index is 1160. The van der Waals surface area contributed by atoms with E-state index in [2.05, 4.69) is 15.3 Å². The average Bonchev–Trinajstić information content (AvgIpc) is 3.08. The third-order valence-electron chi connectivity index (χ3n) is 4.16. The third-order valence-corrected chi connectivity index (χ3v) is 6.87. The van der Waals surface area contributed by atoms with Crippen molar-refractivity contribution >= 4 is 44.4 Å². The van der Waals surface area contributed by atoms with Crippen LogP contribution in [0.5, 0.6) is 5.75 Å². The molecule has 3 aromatic rings. The number of nitrogens with one attached hydrogen (secondary N) is 2. The van der Waals surface area contributed by atoms with Crippen molar-refractivity contribution in [2.24, 2.45) is 0 Å². The number of hydrogen-bond donors (Lipinski definition) is 2. The number of aryl methyl sites for hydroxylation is 1. The lowest BCUT2D eigenvalue weighted by molar-refractivity contribution is -0.113. The predicted molar refractivity (Wildman–Crippen MR) is 114 cm³/mol. The number of hydrogen-bond acceptors (Lipinski definition) is 6. The molecule has 0 radical (unpaired) electrons. The van der Waals surface area contributed by atoms with Gasteiger partial charge in [0.2, 0.25) is 15.9 Å². The van der Waals surface area contributed by atoms with Gasteiger partial charge in [-0.25, -0.2) is 17.7 Å². The Morgan fingerprint density at radius 3 is 2.69 bits per heavy atom. The number of aromatic nitrogens is 2. The molecule has 0 aliphatic heterocycles. The maximum Gasteiger partial charge on any atom is 0.246 e. The summed E-state index contributed by atoms with van der Waals surface area (Å²) in [6, 6.07) is 10.4. The summed E-state index contributed by atoms with van der Waals surface area (Å²) in [7, 11) is 0.554. The van der Waals surface area contributed by atoms with Gasteiger partial charge >= 0.3 is 0 Å². The van der Waals surface area contributed by atoms with E-state index in [1.165, 1.54) is 45.1 Å². The number of nitrogens with zero attached hydrogens (tertiary/aromatic N) is 2. The van der Waals surface area contributed by atoms with Gasteiger partial charge in [0, 0.05) is 19.8 Å². The molecule has 0 saturated carbocycles.